The molecule has 2 nitrogen and oxygen atoms in total. The summed E-state index contributed by atoms with van der Waals surface area (Å²) in [6.45, 7) is 5.62. The van der Waals surface area contributed by atoms with Gasteiger partial charge in [-0.15, -0.1) is 0 Å². The molecule has 1 aromatic rings. The van der Waals surface area contributed by atoms with Crippen LogP contribution in [0, 0.1) is 11.7 Å². The second kappa shape index (κ2) is 6.30. The first-order chi connectivity index (χ1) is 8.72. The molecule has 1 aliphatic heterocycles. The maximum Gasteiger partial charge on any atom is 0.127 e. The third-order valence-corrected chi connectivity index (χ3v) is 3.92. The minimum Gasteiger partial charge on any atom is -0.326 e. The molecule has 1 unspecified atom stereocenters. The number of nitrogens with zero attached hydrogens (tertiary/aromatic N) is 1. The Morgan fingerprint density at radius 3 is 3.00 bits per heavy atom. The van der Waals surface area contributed by atoms with Gasteiger partial charge in [0.1, 0.15) is 5.82 Å². The van der Waals surface area contributed by atoms with Crippen molar-refractivity contribution < 1.29 is 4.39 Å². The van der Waals surface area contributed by atoms with Crippen LogP contribution >= 0.6 is 0 Å². The van der Waals surface area contributed by atoms with Crippen LogP contribution in [0.2, 0.25) is 0 Å². The molecular weight excluding hydrogens is 227 g/mol. The summed E-state index contributed by atoms with van der Waals surface area (Å²) in [5.41, 5.74) is 7.41. The Morgan fingerprint density at radius 1 is 1.44 bits per heavy atom. The molecule has 0 saturated carbocycles. The number of rotatable bonds is 4. The average molecular weight is 250 g/mol. The summed E-state index contributed by atoms with van der Waals surface area (Å²) in [6.07, 6.45) is 3.77. The number of halogens is 1. The monoisotopic (exact) mass is 250 g/mol. The van der Waals surface area contributed by atoms with Crippen molar-refractivity contribution in [3.8, 4) is 0 Å². The predicted octanol–water partition coefficient (Wildman–Crippen LogP) is 2.91. The van der Waals surface area contributed by atoms with E-state index in [2.05, 4.69) is 11.8 Å². The lowest BCUT2D eigenvalue weighted by Crippen LogP contribution is -2.34. The van der Waals surface area contributed by atoms with E-state index in [4.69, 9.17) is 5.73 Å². The lowest BCUT2D eigenvalue weighted by Gasteiger charge is -2.32. The first kappa shape index (κ1) is 13.5. The van der Waals surface area contributed by atoms with Gasteiger partial charge in [0.25, 0.3) is 0 Å². The van der Waals surface area contributed by atoms with Gasteiger partial charge in [-0.25, -0.2) is 4.39 Å². The highest BCUT2D eigenvalue weighted by molar-refractivity contribution is 5.25. The highest BCUT2D eigenvalue weighted by Gasteiger charge is 2.19. The van der Waals surface area contributed by atoms with Crippen LogP contribution in [-0.4, -0.2) is 18.0 Å². The molecule has 2 rings (SSSR count). The van der Waals surface area contributed by atoms with Gasteiger partial charge in [-0.05, 0) is 36.9 Å². The molecule has 1 saturated heterocycles. The van der Waals surface area contributed by atoms with Crippen molar-refractivity contribution >= 4 is 0 Å². The number of hydrogen-bond acceptors (Lipinski definition) is 2. The van der Waals surface area contributed by atoms with Crippen LogP contribution in [0.1, 0.15) is 37.3 Å². The first-order valence-corrected chi connectivity index (χ1v) is 6.92. The highest BCUT2D eigenvalue weighted by Crippen LogP contribution is 2.22. The van der Waals surface area contributed by atoms with Gasteiger partial charge < -0.3 is 5.73 Å². The van der Waals surface area contributed by atoms with Gasteiger partial charge >= 0.3 is 0 Å². The fraction of sp³-hybridized carbons (Fsp3) is 0.600. The van der Waals surface area contributed by atoms with Crippen molar-refractivity contribution in [1.82, 2.24) is 4.90 Å². The first-order valence-electron chi connectivity index (χ1n) is 6.92. The van der Waals surface area contributed by atoms with Crippen LogP contribution in [-0.2, 0) is 13.1 Å². The maximum absolute atomic E-state index is 13.8. The molecule has 100 valence electrons. The van der Waals surface area contributed by atoms with E-state index < -0.39 is 0 Å². The summed E-state index contributed by atoms with van der Waals surface area (Å²) in [5.74, 6) is 0.672. The standard InChI is InChI=1S/C15H23FN2/c1-2-12-4-3-7-18(10-12)11-14-8-13(9-17)5-6-15(14)16/h5-6,8,12H,2-4,7,9-11,17H2,1H3. The van der Waals surface area contributed by atoms with Crippen LogP contribution < -0.4 is 5.73 Å². The largest absolute Gasteiger partial charge is 0.326 e. The lowest BCUT2D eigenvalue weighted by molar-refractivity contribution is 0.163. The highest BCUT2D eigenvalue weighted by atomic mass is 19.1. The minimum atomic E-state index is -0.106. The molecule has 18 heavy (non-hydrogen) atoms. The van der Waals surface area contributed by atoms with Crippen LogP contribution in [0.25, 0.3) is 0 Å². The van der Waals surface area contributed by atoms with Crippen molar-refractivity contribution in [3.63, 3.8) is 0 Å². The SMILES string of the molecule is CCC1CCCN(Cc2cc(CN)ccc2F)C1. The second-order valence-corrected chi connectivity index (χ2v) is 5.28. The molecule has 1 aliphatic rings. The Balaban J connectivity index is 2.04. The third-order valence-electron chi connectivity index (χ3n) is 3.92. The Bertz CT molecular complexity index is 392. The van der Waals surface area contributed by atoms with Crippen LogP contribution in [0.3, 0.4) is 0 Å². The molecular formula is C15H23FN2. The number of nitrogens with two attached hydrogens (primary N) is 1. The van der Waals surface area contributed by atoms with Crippen molar-refractivity contribution in [3.05, 3.63) is 35.1 Å². The molecule has 0 amide bonds. The summed E-state index contributed by atoms with van der Waals surface area (Å²) in [5, 5.41) is 0. The topological polar surface area (TPSA) is 29.3 Å². The summed E-state index contributed by atoms with van der Waals surface area (Å²) in [4.78, 5) is 2.37. The number of benzene rings is 1. The maximum atomic E-state index is 13.8. The summed E-state index contributed by atoms with van der Waals surface area (Å²) in [6, 6.07) is 5.22. The van der Waals surface area contributed by atoms with Crippen LogP contribution in [0.15, 0.2) is 18.2 Å². The Kier molecular flexibility index (Phi) is 4.72. The second-order valence-electron chi connectivity index (χ2n) is 5.28. The zero-order chi connectivity index (χ0) is 13.0. The molecule has 1 atom stereocenters. The quantitative estimate of drug-likeness (QED) is 0.890. The van der Waals surface area contributed by atoms with Crippen LogP contribution in [0.4, 0.5) is 4.39 Å². The minimum absolute atomic E-state index is 0.106. The van der Waals surface area contributed by atoms with Gasteiger partial charge in [-0.1, -0.05) is 25.5 Å². The smallest absolute Gasteiger partial charge is 0.127 e. The fourth-order valence-electron chi connectivity index (χ4n) is 2.75. The molecule has 0 aliphatic carbocycles. The van der Waals surface area contributed by atoms with Crippen molar-refractivity contribution in [2.45, 2.75) is 39.3 Å². The van der Waals surface area contributed by atoms with E-state index >= 15 is 0 Å². The van der Waals surface area contributed by atoms with Crippen molar-refractivity contribution in [2.75, 3.05) is 13.1 Å². The van der Waals surface area contributed by atoms with Crippen molar-refractivity contribution in [1.29, 1.82) is 0 Å². The zero-order valence-corrected chi connectivity index (χ0v) is 11.2. The van der Waals surface area contributed by atoms with E-state index in [1.54, 1.807) is 12.1 Å². The molecule has 0 spiro atoms. The van der Waals surface area contributed by atoms with Gasteiger partial charge in [0.15, 0.2) is 0 Å². The lowest BCUT2D eigenvalue weighted by atomic mass is 9.95. The third kappa shape index (κ3) is 3.30. The predicted molar refractivity (Wildman–Crippen MR) is 72.6 cm³/mol. The van der Waals surface area contributed by atoms with E-state index in [-0.39, 0.29) is 5.82 Å². The Morgan fingerprint density at radius 2 is 2.28 bits per heavy atom. The molecule has 3 heteroatoms. The molecule has 0 bridgehead atoms. The van der Waals surface area contributed by atoms with Crippen molar-refractivity contribution in [2.24, 2.45) is 11.7 Å². The molecule has 0 aromatic heterocycles. The Labute approximate surface area is 109 Å². The van der Waals surface area contributed by atoms with Gasteiger partial charge in [0.2, 0.25) is 0 Å². The zero-order valence-electron chi connectivity index (χ0n) is 11.2. The Hall–Kier alpha value is -0.930. The average Bonchev–Trinajstić information content (AvgIpc) is 2.41. The van der Waals surface area contributed by atoms with Gasteiger partial charge in [0, 0.05) is 25.2 Å². The number of piperidine rings is 1. The fourth-order valence-corrected chi connectivity index (χ4v) is 2.75. The summed E-state index contributed by atoms with van der Waals surface area (Å²) >= 11 is 0. The van der Waals surface area contributed by atoms with Gasteiger partial charge in [-0.3, -0.25) is 4.90 Å². The van der Waals surface area contributed by atoms with E-state index in [1.807, 2.05) is 6.07 Å². The van der Waals surface area contributed by atoms with Crippen LogP contribution in [0.5, 0.6) is 0 Å². The van der Waals surface area contributed by atoms with Gasteiger partial charge in [-0.2, -0.15) is 0 Å². The number of likely N-dealkylation sites (tertiary alicyclic amines) is 1. The summed E-state index contributed by atoms with van der Waals surface area (Å²) < 4.78 is 13.8. The van der Waals surface area contributed by atoms with E-state index in [9.17, 15) is 4.39 Å². The number of hydrogen-bond donors (Lipinski definition) is 1. The molecule has 1 heterocycles. The molecule has 1 aromatic carbocycles. The van der Waals surface area contributed by atoms with E-state index in [0.717, 1.165) is 36.7 Å². The molecule has 2 N–H and O–H groups in total. The van der Waals surface area contributed by atoms with Gasteiger partial charge in [0.05, 0.1) is 0 Å². The normalized spacial score (nSPS) is 21.2. The van der Waals surface area contributed by atoms with E-state index in [0.29, 0.717) is 6.54 Å². The molecule has 0 radical (unpaired) electrons. The molecule has 1 fully saturated rings. The van der Waals surface area contributed by atoms with E-state index in [1.165, 1.54) is 19.3 Å². The summed E-state index contributed by atoms with van der Waals surface area (Å²) in [7, 11) is 0.